The third-order valence-corrected chi connectivity index (χ3v) is 3.46. The number of hydrogen-bond donors (Lipinski definition) is 1. The van der Waals surface area contributed by atoms with Gasteiger partial charge in [0, 0.05) is 18.3 Å². The molecule has 2 aromatic heterocycles. The van der Waals surface area contributed by atoms with Gasteiger partial charge in [0.1, 0.15) is 5.01 Å². The molecule has 7 nitrogen and oxygen atoms in total. The van der Waals surface area contributed by atoms with Crippen LogP contribution in [0, 0.1) is 6.92 Å². The van der Waals surface area contributed by atoms with Gasteiger partial charge in [-0.1, -0.05) is 37.3 Å². The van der Waals surface area contributed by atoms with E-state index in [0.29, 0.717) is 36.1 Å². The minimum atomic E-state index is -0.130. The Morgan fingerprint density at radius 2 is 2.10 bits per heavy atom. The predicted octanol–water partition coefficient (Wildman–Crippen LogP) is 2.49. The summed E-state index contributed by atoms with van der Waals surface area (Å²) in [5, 5.41) is 15.7. The largest absolute Gasteiger partial charge is 0.339 e. The van der Waals surface area contributed by atoms with Gasteiger partial charge in [0.25, 0.3) is 0 Å². The molecule has 1 amide bonds. The zero-order valence-corrected chi connectivity index (χ0v) is 13.5. The molecule has 0 unspecified atom stereocenters. The molecular weight excluding hydrogens is 290 g/mol. The zero-order valence-electron chi connectivity index (χ0n) is 12.6. The Labute approximate surface area is 127 Å². The molecular formula is C13H19N5O2S. The van der Waals surface area contributed by atoms with Crippen molar-refractivity contribution < 1.29 is 9.32 Å². The van der Waals surface area contributed by atoms with Crippen LogP contribution in [0.2, 0.25) is 0 Å². The van der Waals surface area contributed by atoms with Crippen molar-refractivity contribution >= 4 is 22.4 Å². The van der Waals surface area contributed by atoms with Crippen LogP contribution >= 0.6 is 11.3 Å². The van der Waals surface area contributed by atoms with Gasteiger partial charge in [0.2, 0.25) is 16.9 Å². The summed E-state index contributed by atoms with van der Waals surface area (Å²) in [6.45, 7) is 7.92. The Balaban J connectivity index is 1.76. The van der Waals surface area contributed by atoms with Gasteiger partial charge < -0.3 is 9.84 Å². The summed E-state index contributed by atoms with van der Waals surface area (Å²) < 4.78 is 5.18. The molecule has 1 N–H and O–H groups in total. The van der Waals surface area contributed by atoms with Crippen LogP contribution in [0.5, 0.6) is 0 Å². The normalized spacial score (nSPS) is 11.6. The Morgan fingerprint density at radius 1 is 1.33 bits per heavy atom. The van der Waals surface area contributed by atoms with Crippen molar-refractivity contribution in [2.75, 3.05) is 5.32 Å². The summed E-state index contributed by atoms with van der Waals surface area (Å²) in [6.07, 6.45) is 1.62. The Kier molecular flexibility index (Phi) is 4.66. The van der Waals surface area contributed by atoms with Gasteiger partial charge in [-0.15, -0.1) is 10.2 Å². The molecule has 0 saturated heterocycles. The van der Waals surface area contributed by atoms with Crippen LogP contribution in [0.15, 0.2) is 4.52 Å². The summed E-state index contributed by atoms with van der Waals surface area (Å²) in [5.74, 6) is 1.17. The van der Waals surface area contributed by atoms with E-state index in [4.69, 9.17) is 4.52 Å². The number of rotatable bonds is 5. The highest BCUT2D eigenvalue weighted by Crippen LogP contribution is 2.19. The summed E-state index contributed by atoms with van der Waals surface area (Å²) in [5.41, 5.74) is -0.130. The minimum absolute atomic E-state index is 0.0817. The van der Waals surface area contributed by atoms with E-state index in [1.165, 1.54) is 11.3 Å². The molecule has 2 heterocycles. The maximum atomic E-state index is 11.7. The highest BCUT2D eigenvalue weighted by molar-refractivity contribution is 7.15. The SMILES string of the molecule is Cc1nnc(NC(=O)CCCc2nc(C(C)(C)C)no2)s1. The summed E-state index contributed by atoms with van der Waals surface area (Å²) >= 11 is 1.36. The number of nitrogens with zero attached hydrogens (tertiary/aromatic N) is 4. The molecule has 0 radical (unpaired) electrons. The quantitative estimate of drug-likeness (QED) is 0.912. The highest BCUT2D eigenvalue weighted by Gasteiger charge is 2.20. The van der Waals surface area contributed by atoms with E-state index in [1.807, 2.05) is 27.7 Å². The fraction of sp³-hybridized carbons (Fsp3) is 0.615. The number of carbonyl (C=O) groups excluding carboxylic acids is 1. The van der Waals surface area contributed by atoms with Gasteiger partial charge in [-0.05, 0) is 13.3 Å². The Hall–Kier alpha value is -1.83. The molecule has 2 aromatic rings. The lowest BCUT2D eigenvalue weighted by molar-refractivity contribution is -0.116. The standard InChI is InChI=1S/C13H19N5O2S/c1-8-16-17-12(21-8)14-9(19)6-5-7-10-15-11(18-20-10)13(2,3)4/h5-7H2,1-4H3,(H,14,17,19). The average molecular weight is 309 g/mol. The molecule has 2 rings (SSSR count). The lowest BCUT2D eigenvalue weighted by Crippen LogP contribution is -2.13. The van der Waals surface area contributed by atoms with Gasteiger partial charge in [-0.25, -0.2) is 0 Å². The molecule has 0 saturated carbocycles. The Bertz CT molecular complexity index is 614. The first-order valence-electron chi connectivity index (χ1n) is 6.77. The molecule has 0 aromatic carbocycles. The summed E-state index contributed by atoms with van der Waals surface area (Å²) in [7, 11) is 0. The molecule has 0 aliphatic heterocycles. The van der Waals surface area contributed by atoms with E-state index in [1.54, 1.807) is 0 Å². The van der Waals surface area contributed by atoms with E-state index in [9.17, 15) is 4.79 Å². The second kappa shape index (κ2) is 6.30. The first kappa shape index (κ1) is 15.6. The van der Waals surface area contributed by atoms with Crippen LogP contribution in [0.3, 0.4) is 0 Å². The van der Waals surface area contributed by atoms with E-state index < -0.39 is 0 Å². The van der Waals surface area contributed by atoms with E-state index in [-0.39, 0.29) is 11.3 Å². The minimum Gasteiger partial charge on any atom is -0.339 e. The molecule has 8 heteroatoms. The number of amides is 1. The average Bonchev–Trinajstić information content (AvgIpc) is 2.98. The van der Waals surface area contributed by atoms with Crippen LogP contribution in [0.1, 0.15) is 50.3 Å². The molecule has 0 bridgehead atoms. The number of hydrogen-bond acceptors (Lipinski definition) is 7. The fourth-order valence-electron chi connectivity index (χ4n) is 1.59. The van der Waals surface area contributed by atoms with Crippen LogP contribution in [-0.4, -0.2) is 26.2 Å². The number of anilines is 1. The van der Waals surface area contributed by atoms with Crippen LogP contribution in [-0.2, 0) is 16.6 Å². The lowest BCUT2D eigenvalue weighted by atomic mass is 9.96. The van der Waals surface area contributed by atoms with Crippen molar-refractivity contribution in [2.45, 2.75) is 52.4 Å². The second-order valence-electron chi connectivity index (χ2n) is 5.79. The monoisotopic (exact) mass is 309 g/mol. The van der Waals surface area contributed by atoms with E-state index >= 15 is 0 Å². The third-order valence-electron chi connectivity index (χ3n) is 2.71. The first-order valence-corrected chi connectivity index (χ1v) is 7.59. The fourth-order valence-corrected chi connectivity index (χ4v) is 2.20. The van der Waals surface area contributed by atoms with E-state index in [2.05, 4.69) is 25.7 Å². The van der Waals surface area contributed by atoms with Crippen molar-refractivity contribution in [1.82, 2.24) is 20.3 Å². The summed E-state index contributed by atoms with van der Waals surface area (Å²) in [4.78, 5) is 16.1. The zero-order chi connectivity index (χ0) is 15.5. The highest BCUT2D eigenvalue weighted by atomic mass is 32.1. The smallest absolute Gasteiger partial charge is 0.226 e. The second-order valence-corrected chi connectivity index (χ2v) is 6.97. The van der Waals surface area contributed by atoms with Gasteiger partial charge in [0.05, 0.1) is 0 Å². The molecule has 0 aliphatic rings. The lowest BCUT2D eigenvalue weighted by Gasteiger charge is -2.10. The van der Waals surface area contributed by atoms with E-state index in [0.717, 1.165) is 5.01 Å². The van der Waals surface area contributed by atoms with Gasteiger partial charge >= 0.3 is 0 Å². The molecule has 0 atom stereocenters. The topological polar surface area (TPSA) is 93.8 Å². The predicted molar refractivity (Wildman–Crippen MR) is 79.2 cm³/mol. The third kappa shape index (κ3) is 4.59. The molecule has 0 fully saturated rings. The molecule has 0 spiro atoms. The molecule has 21 heavy (non-hydrogen) atoms. The van der Waals surface area contributed by atoms with Gasteiger partial charge in [-0.2, -0.15) is 4.98 Å². The van der Waals surface area contributed by atoms with Gasteiger partial charge in [0.15, 0.2) is 5.82 Å². The van der Waals surface area contributed by atoms with Crippen LogP contribution in [0.25, 0.3) is 0 Å². The molecule has 0 aliphatic carbocycles. The number of aryl methyl sites for hydroxylation is 2. The summed E-state index contributed by atoms with van der Waals surface area (Å²) in [6, 6.07) is 0. The first-order chi connectivity index (χ1) is 9.84. The van der Waals surface area contributed by atoms with Crippen molar-refractivity contribution in [2.24, 2.45) is 0 Å². The van der Waals surface area contributed by atoms with Crippen molar-refractivity contribution in [3.63, 3.8) is 0 Å². The maximum absolute atomic E-state index is 11.7. The number of aromatic nitrogens is 4. The van der Waals surface area contributed by atoms with Crippen molar-refractivity contribution in [3.05, 3.63) is 16.7 Å². The number of nitrogens with one attached hydrogen (secondary N) is 1. The molecule has 114 valence electrons. The van der Waals surface area contributed by atoms with Crippen molar-refractivity contribution in [1.29, 1.82) is 0 Å². The van der Waals surface area contributed by atoms with Crippen molar-refractivity contribution in [3.8, 4) is 0 Å². The van der Waals surface area contributed by atoms with Crippen LogP contribution < -0.4 is 5.32 Å². The van der Waals surface area contributed by atoms with Crippen LogP contribution in [0.4, 0.5) is 5.13 Å². The maximum Gasteiger partial charge on any atom is 0.226 e. The number of carbonyl (C=O) groups is 1. The van der Waals surface area contributed by atoms with Gasteiger partial charge in [-0.3, -0.25) is 4.79 Å². The Morgan fingerprint density at radius 3 is 2.67 bits per heavy atom.